The Bertz CT molecular complexity index is 479. The Balaban J connectivity index is 2.53. The number of hydrogen-bond donors (Lipinski definition) is 2. The highest BCUT2D eigenvalue weighted by atomic mass is 16.5. The van der Waals surface area contributed by atoms with Crippen molar-refractivity contribution < 1.29 is 4.74 Å². The number of nitrogens with zero attached hydrogens (tertiary/aromatic N) is 1. The van der Waals surface area contributed by atoms with E-state index in [1.807, 2.05) is 31.2 Å². The smallest absolute Gasteiger partial charge is 0.126 e. The van der Waals surface area contributed by atoms with E-state index in [0.717, 1.165) is 16.7 Å². The monoisotopic (exact) mass is 217 g/mol. The first-order valence-corrected chi connectivity index (χ1v) is 5.15. The van der Waals surface area contributed by atoms with Crippen LogP contribution in [0, 0.1) is 0 Å². The van der Waals surface area contributed by atoms with Crippen molar-refractivity contribution in [2.24, 2.45) is 0 Å². The number of methoxy groups -OCH3 is 1. The molecule has 4 heteroatoms. The molecular formula is C12H15N3O. The van der Waals surface area contributed by atoms with Gasteiger partial charge in [0.05, 0.1) is 12.3 Å². The van der Waals surface area contributed by atoms with Gasteiger partial charge in [-0.25, -0.2) is 0 Å². The highest BCUT2D eigenvalue weighted by molar-refractivity contribution is 5.75. The van der Waals surface area contributed by atoms with E-state index in [9.17, 15) is 0 Å². The summed E-state index contributed by atoms with van der Waals surface area (Å²) in [5, 5.41) is 6.67. The lowest BCUT2D eigenvalue weighted by molar-refractivity contribution is 0.120. The number of H-pyrrole nitrogens is 1. The predicted molar refractivity (Wildman–Crippen MR) is 63.9 cm³/mol. The molecule has 0 saturated carbocycles. The minimum Gasteiger partial charge on any atom is -0.384 e. The zero-order valence-corrected chi connectivity index (χ0v) is 9.40. The van der Waals surface area contributed by atoms with Crippen molar-refractivity contribution in [3.05, 3.63) is 36.0 Å². The van der Waals surface area contributed by atoms with Gasteiger partial charge in [0, 0.05) is 12.7 Å². The summed E-state index contributed by atoms with van der Waals surface area (Å²) in [5.41, 5.74) is 8.91. The van der Waals surface area contributed by atoms with Gasteiger partial charge in [-0.05, 0) is 18.1 Å². The Labute approximate surface area is 94.4 Å². The lowest BCUT2D eigenvalue weighted by Gasteiger charge is -2.14. The Morgan fingerprint density at radius 2 is 2.06 bits per heavy atom. The molecule has 1 aromatic carbocycles. The fourth-order valence-corrected chi connectivity index (χ4v) is 1.73. The molecule has 2 aromatic rings. The van der Waals surface area contributed by atoms with Crippen LogP contribution in [-0.4, -0.2) is 17.3 Å². The van der Waals surface area contributed by atoms with Gasteiger partial charge in [0.2, 0.25) is 0 Å². The van der Waals surface area contributed by atoms with Crippen LogP contribution in [0.2, 0.25) is 0 Å². The maximum Gasteiger partial charge on any atom is 0.126 e. The molecule has 84 valence electrons. The number of rotatable bonds is 3. The maximum atomic E-state index is 5.82. The average molecular weight is 217 g/mol. The standard InChI is InChI=1S/C12H15N3O/c1-8(16-2)9-5-3-4-6-10(9)11-7-14-15-12(11)13/h3-8H,1-2H3,(H3,13,14,15). The van der Waals surface area contributed by atoms with E-state index < -0.39 is 0 Å². The Hall–Kier alpha value is -1.81. The molecule has 0 saturated heterocycles. The number of anilines is 1. The van der Waals surface area contributed by atoms with Crippen LogP contribution in [0.5, 0.6) is 0 Å². The number of benzene rings is 1. The number of ether oxygens (including phenoxy) is 1. The summed E-state index contributed by atoms with van der Waals surface area (Å²) in [6, 6.07) is 8.03. The van der Waals surface area contributed by atoms with Crippen molar-refractivity contribution in [1.29, 1.82) is 0 Å². The molecule has 0 aliphatic rings. The van der Waals surface area contributed by atoms with Gasteiger partial charge in [-0.1, -0.05) is 24.3 Å². The largest absolute Gasteiger partial charge is 0.384 e. The van der Waals surface area contributed by atoms with E-state index >= 15 is 0 Å². The van der Waals surface area contributed by atoms with E-state index in [4.69, 9.17) is 10.5 Å². The first-order valence-electron chi connectivity index (χ1n) is 5.15. The SMILES string of the molecule is COC(C)c1ccccc1-c1cn[nH]c1N. The quantitative estimate of drug-likeness (QED) is 0.829. The molecule has 2 rings (SSSR count). The third-order valence-electron chi connectivity index (χ3n) is 2.71. The zero-order chi connectivity index (χ0) is 11.5. The van der Waals surface area contributed by atoms with E-state index in [2.05, 4.69) is 10.2 Å². The van der Waals surface area contributed by atoms with Gasteiger partial charge in [-0.15, -0.1) is 0 Å². The molecule has 3 N–H and O–H groups in total. The number of nitrogen functional groups attached to an aromatic ring is 1. The van der Waals surface area contributed by atoms with Gasteiger partial charge in [-0.3, -0.25) is 5.10 Å². The minimum atomic E-state index is 0.0329. The van der Waals surface area contributed by atoms with Crippen LogP contribution in [0.3, 0.4) is 0 Å². The fourth-order valence-electron chi connectivity index (χ4n) is 1.73. The number of nitrogens with two attached hydrogens (primary N) is 1. The van der Waals surface area contributed by atoms with E-state index in [1.165, 1.54) is 0 Å². The summed E-state index contributed by atoms with van der Waals surface area (Å²) in [5.74, 6) is 0.579. The molecule has 1 aromatic heterocycles. The highest BCUT2D eigenvalue weighted by Crippen LogP contribution is 2.31. The summed E-state index contributed by atoms with van der Waals surface area (Å²) in [4.78, 5) is 0. The van der Waals surface area contributed by atoms with Gasteiger partial charge in [0.1, 0.15) is 5.82 Å². The predicted octanol–water partition coefficient (Wildman–Crippen LogP) is 2.37. The summed E-state index contributed by atoms with van der Waals surface area (Å²) < 4.78 is 5.34. The number of hydrogen-bond acceptors (Lipinski definition) is 3. The van der Waals surface area contributed by atoms with E-state index in [-0.39, 0.29) is 6.10 Å². The van der Waals surface area contributed by atoms with Crippen molar-refractivity contribution in [2.75, 3.05) is 12.8 Å². The third-order valence-corrected chi connectivity index (χ3v) is 2.71. The van der Waals surface area contributed by atoms with Gasteiger partial charge in [0.15, 0.2) is 0 Å². The molecule has 1 atom stereocenters. The lowest BCUT2D eigenvalue weighted by Crippen LogP contribution is -1.99. The molecule has 0 aliphatic carbocycles. The van der Waals surface area contributed by atoms with E-state index in [1.54, 1.807) is 13.3 Å². The normalized spacial score (nSPS) is 12.6. The first kappa shape index (κ1) is 10.7. The van der Waals surface area contributed by atoms with Crippen LogP contribution in [0.4, 0.5) is 5.82 Å². The third kappa shape index (κ3) is 1.79. The number of aromatic nitrogens is 2. The molecule has 0 bridgehead atoms. The summed E-state index contributed by atoms with van der Waals surface area (Å²) in [6.45, 7) is 2.01. The summed E-state index contributed by atoms with van der Waals surface area (Å²) >= 11 is 0. The molecule has 1 unspecified atom stereocenters. The second-order valence-corrected chi connectivity index (χ2v) is 3.66. The van der Waals surface area contributed by atoms with Crippen LogP contribution in [-0.2, 0) is 4.74 Å². The van der Waals surface area contributed by atoms with Gasteiger partial charge >= 0.3 is 0 Å². The molecule has 4 nitrogen and oxygen atoms in total. The van der Waals surface area contributed by atoms with Gasteiger partial charge in [0.25, 0.3) is 0 Å². The number of aromatic amines is 1. The average Bonchev–Trinajstić information content (AvgIpc) is 2.74. The van der Waals surface area contributed by atoms with Crippen molar-refractivity contribution >= 4 is 5.82 Å². The number of nitrogens with one attached hydrogen (secondary N) is 1. The molecule has 0 amide bonds. The van der Waals surface area contributed by atoms with Crippen molar-refractivity contribution in [2.45, 2.75) is 13.0 Å². The van der Waals surface area contributed by atoms with Crippen molar-refractivity contribution in [1.82, 2.24) is 10.2 Å². The molecule has 16 heavy (non-hydrogen) atoms. The van der Waals surface area contributed by atoms with Crippen LogP contribution < -0.4 is 5.73 Å². The molecule has 1 heterocycles. The van der Waals surface area contributed by atoms with Crippen LogP contribution >= 0.6 is 0 Å². The summed E-state index contributed by atoms with van der Waals surface area (Å²) in [6.07, 6.45) is 1.77. The second-order valence-electron chi connectivity index (χ2n) is 3.66. The van der Waals surface area contributed by atoms with Crippen LogP contribution in [0.1, 0.15) is 18.6 Å². The van der Waals surface area contributed by atoms with Gasteiger partial charge in [-0.2, -0.15) is 5.10 Å². The molecule has 0 fully saturated rings. The fraction of sp³-hybridized carbons (Fsp3) is 0.250. The van der Waals surface area contributed by atoms with Gasteiger partial charge < -0.3 is 10.5 Å². The Morgan fingerprint density at radius 1 is 1.31 bits per heavy atom. The summed E-state index contributed by atoms with van der Waals surface area (Å²) in [7, 11) is 1.69. The van der Waals surface area contributed by atoms with Crippen LogP contribution in [0.15, 0.2) is 30.5 Å². The highest BCUT2D eigenvalue weighted by Gasteiger charge is 2.13. The zero-order valence-electron chi connectivity index (χ0n) is 9.40. The van der Waals surface area contributed by atoms with E-state index in [0.29, 0.717) is 5.82 Å². The first-order chi connectivity index (χ1) is 7.74. The molecule has 0 aliphatic heterocycles. The molecular weight excluding hydrogens is 202 g/mol. The minimum absolute atomic E-state index is 0.0329. The molecule has 0 radical (unpaired) electrons. The second kappa shape index (κ2) is 4.37. The van der Waals surface area contributed by atoms with Crippen molar-refractivity contribution in [3.63, 3.8) is 0 Å². The topological polar surface area (TPSA) is 63.9 Å². The molecule has 0 spiro atoms. The maximum absolute atomic E-state index is 5.82. The lowest BCUT2D eigenvalue weighted by atomic mass is 9.98. The Morgan fingerprint density at radius 3 is 2.69 bits per heavy atom. The van der Waals surface area contributed by atoms with Crippen molar-refractivity contribution in [3.8, 4) is 11.1 Å². The Kier molecular flexibility index (Phi) is 2.92. The van der Waals surface area contributed by atoms with Crippen LogP contribution in [0.25, 0.3) is 11.1 Å².